The summed E-state index contributed by atoms with van der Waals surface area (Å²) in [5.74, 6) is 3.72. The molecule has 1 aromatic heterocycles. The van der Waals surface area contributed by atoms with Crippen molar-refractivity contribution in [2.75, 3.05) is 11.5 Å². The van der Waals surface area contributed by atoms with E-state index in [2.05, 4.69) is 76.2 Å². The number of allylic oxidation sites excluding steroid dienone is 2. The number of ketones is 1. The SMILES string of the molecule is C#Cc1cc(N(C(=O)C(/C=C(\C)c2cc(CCC)c(CCC(=O)Cc3ccc(OCCC)cc3)cc2C(C)Cc2ccccc2CNC=O)=C(\C)CC)c2ccccc2)c(C)n1C. The van der Waals surface area contributed by atoms with Gasteiger partial charge in [-0.2, -0.15) is 0 Å². The molecule has 1 unspecified atom stereocenters. The van der Waals surface area contributed by atoms with Crippen LogP contribution in [-0.2, 0) is 53.7 Å². The fourth-order valence-corrected chi connectivity index (χ4v) is 8.19. The molecule has 0 fully saturated rings. The van der Waals surface area contributed by atoms with Crippen molar-refractivity contribution in [1.29, 1.82) is 0 Å². The fourth-order valence-electron chi connectivity index (χ4n) is 8.19. The molecule has 0 saturated carbocycles. The van der Waals surface area contributed by atoms with E-state index in [0.29, 0.717) is 50.1 Å². The number of benzene rings is 4. The highest BCUT2D eigenvalue weighted by Gasteiger charge is 2.27. The highest BCUT2D eigenvalue weighted by atomic mass is 16.5. The summed E-state index contributed by atoms with van der Waals surface area (Å²) in [5.41, 5.74) is 13.5. The summed E-state index contributed by atoms with van der Waals surface area (Å²) in [6.45, 7) is 15.8. The second-order valence-electron chi connectivity index (χ2n) is 16.6. The van der Waals surface area contributed by atoms with Crippen molar-refractivity contribution in [3.63, 3.8) is 0 Å². The lowest BCUT2D eigenvalue weighted by molar-refractivity contribution is -0.118. The van der Waals surface area contributed by atoms with Crippen LogP contribution in [0.25, 0.3) is 5.57 Å². The summed E-state index contributed by atoms with van der Waals surface area (Å²) in [5, 5.41) is 2.85. The van der Waals surface area contributed by atoms with Crippen LogP contribution in [0.5, 0.6) is 5.75 Å². The third-order valence-corrected chi connectivity index (χ3v) is 12.0. The number of nitrogens with one attached hydrogen (secondary N) is 1. The number of rotatable bonds is 22. The first-order valence-electron chi connectivity index (χ1n) is 22.5. The van der Waals surface area contributed by atoms with Crippen molar-refractivity contribution in [2.24, 2.45) is 7.05 Å². The number of para-hydroxylation sites is 1. The Morgan fingerprint density at radius 1 is 0.873 bits per heavy atom. The molecule has 5 rings (SSSR count). The van der Waals surface area contributed by atoms with Crippen molar-refractivity contribution in [3.8, 4) is 18.1 Å². The quantitative estimate of drug-likeness (QED) is 0.0326. The van der Waals surface area contributed by atoms with Gasteiger partial charge in [-0.25, -0.2) is 0 Å². The van der Waals surface area contributed by atoms with Gasteiger partial charge in [-0.1, -0.05) is 112 Å². The first kappa shape index (κ1) is 47.7. The van der Waals surface area contributed by atoms with Crippen LogP contribution in [0.1, 0.15) is 123 Å². The Morgan fingerprint density at radius 3 is 2.19 bits per heavy atom. The van der Waals surface area contributed by atoms with E-state index in [1.807, 2.05) is 98.3 Å². The summed E-state index contributed by atoms with van der Waals surface area (Å²) >= 11 is 0. The van der Waals surface area contributed by atoms with Gasteiger partial charge in [-0.3, -0.25) is 19.3 Å². The molecule has 0 spiro atoms. The second-order valence-corrected chi connectivity index (χ2v) is 16.6. The number of hydrogen-bond acceptors (Lipinski definition) is 4. The molecule has 1 atom stereocenters. The number of aromatic nitrogens is 1. The summed E-state index contributed by atoms with van der Waals surface area (Å²) in [4.78, 5) is 41.9. The molecular formula is C56H65N3O4. The molecule has 1 heterocycles. The van der Waals surface area contributed by atoms with Crippen LogP contribution in [0, 0.1) is 19.3 Å². The average molecular weight is 844 g/mol. The van der Waals surface area contributed by atoms with E-state index in [9.17, 15) is 9.59 Å². The Labute approximate surface area is 376 Å². The molecule has 0 saturated heterocycles. The Hall–Kier alpha value is -6.39. The van der Waals surface area contributed by atoms with E-state index < -0.39 is 0 Å². The molecule has 1 N–H and O–H groups in total. The van der Waals surface area contributed by atoms with Crippen LogP contribution in [0.15, 0.2) is 114 Å². The molecule has 2 amide bonds. The van der Waals surface area contributed by atoms with Crippen molar-refractivity contribution in [1.82, 2.24) is 9.88 Å². The molecule has 0 radical (unpaired) electrons. The van der Waals surface area contributed by atoms with E-state index in [1.54, 1.807) is 4.90 Å². The molecule has 7 heteroatoms. The van der Waals surface area contributed by atoms with Gasteiger partial charge in [0.05, 0.1) is 18.0 Å². The summed E-state index contributed by atoms with van der Waals surface area (Å²) in [6.07, 6.45) is 14.3. The van der Waals surface area contributed by atoms with Gasteiger partial charge in [0.25, 0.3) is 5.91 Å². The number of Topliss-reactive ketones (excluding diaryl/α,β-unsaturated/α-hetero) is 1. The number of carbonyl (C=O) groups is 3. The van der Waals surface area contributed by atoms with E-state index in [4.69, 9.17) is 11.2 Å². The summed E-state index contributed by atoms with van der Waals surface area (Å²) in [7, 11) is 1.93. The predicted octanol–water partition coefficient (Wildman–Crippen LogP) is 11.9. The molecule has 4 aromatic carbocycles. The molecule has 63 heavy (non-hydrogen) atoms. The maximum atomic E-state index is 15.2. The normalized spacial score (nSPS) is 12.3. The van der Waals surface area contributed by atoms with E-state index in [0.717, 1.165) is 93.9 Å². The van der Waals surface area contributed by atoms with Gasteiger partial charge < -0.3 is 14.6 Å². The van der Waals surface area contributed by atoms with Gasteiger partial charge in [0, 0.05) is 43.4 Å². The maximum Gasteiger partial charge on any atom is 0.262 e. The van der Waals surface area contributed by atoms with Crippen LogP contribution >= 0.6 is 0 Å². The van der Waals surface area contributed by atoms with Gasteiger partial charge >= 0.3 is 0 Å². The van der Waals surface area contributed by atoms with E-state index in [1.165, 1.54) is 11.1 Å². The van der Waals surface area contributed by atoms with E-state index >= 15 is 4.79 Å². The van der Waals surface area contributed by atoms with Crippen LogP contribution in [0.2, 0.25) is 0 Å². The van der Waals surface area contributed by atoms with Gasteiger partial charge in [-0.15, -0.1) is 6.42 Å². The second kappa shape index (κ2) is 23.2. The lowest BCUT2D eigenvalue weighted by Gasteiger charge is -2.26. The van der Waals surface area contributed by atoms with Crippen molar-refractivity contribution in [2.45, 2.75) is 112 Å². The number of hydrogen-bond donors (Lipinski definition) is 1. The Balaban J connectivity index is 1.59. The number of nitrogens with zero attached hydrogens (tertiary/aromatic N) is 2. The molecule has 5 aromatic rings. The summed E-state index contributed by atoms with van der Waals surface area (Å²) < 4.78 is 7.70. The molecule has 0 aliphatic carbocycles. The van der Waals surface area contributed by atoms with Crippen LogP contribution in [-0.4, -0.2) is 29.3 Å². The molecule has 0 aliphatic heterocycles. The Bertz CT molecular complexity index is 2460. The molecule has 7 nitrogen and oxygen atoms in total. The highest BCUT2D eigenvalue weighted by Crippen LogP contribution is 2.37. The first-order chi connectivity index (χ1) is 30.4. The zero-order chi connectivity index (χ0) is 45.5. The smallest absolute Gasteiger partial charge is 0.262 e. The van der Waals surface area contributed by atoms with Crippen LogP contribution in [0.3, 0.4) is 0 Å². The third kappa shape index (κ3) is 12.2. The van der Waals surface area contributed by atoms with Gasteiger partial charge in [0.1, 0.15) is 11.5 Å². The number of carbonyl (C=O) groups excluding carboxylic acids is 3. The zero-order valence-electron chi connectivity index (χ0n) is 38.6. The standard InChI is InChI=1S/C56H65N3O4/c1-10-19-44-34-53(41(7)32-54(39(5)12-3)56(62)59(49-22-15-14-16-23-49)55-36-48(13-4)58(9)42(55)8)52(40(6)31-45-20-17-18-21-47(45)37-57-38-60)35-46(44)26-27-50(61)33-43-24-28-51(29-25-43)63-30-11-2/h4,14-18,20-25,28-29,32,34-36,38,40H,10-12,19,26-27,30-31,33,37H2,1-3,5-9H3,(H,57,60)/b41-32+,54-39+. The lowest BCUT2D eigenvalue weighted by atomic mass is 9.82. The zero-order valence-corrected chi connectivity index (χ0v) is 38.6. The van der Waals surface area contributed by atoms with Crippen LogP contribution < -0.4 is 15.0 Å². The molecule has 328 valence electrons. The number of amides is 2. The number of anilines is 2. The molecule has 0 bridgehead atoms. The topological polar surface area (TPSA) is 80.6 Å². The minimum atomic E-state index is -0.129. The Kier molecular flexibility index (Phi) is 17.5. The number of terminal acetylenes is 1. The molecule has 0 aliphatic rings. The highest BCUT2D eigenvalue weighted by molar-refractivity contribution is 6.13. The predicted molar refractivity (Wildman–Crippen MR) is 259 cm³/mol. The molecular weight excluding hydrogens is 779 g/mol. The van der Waals surface area contributed by atoms with Crippen molar-refractivity contribution in [3.05, 3.63) is 165 Å². The van der Waals surface area contributed by atoms with Crippen molar-refractivity contribution >= 4 is 35.0 Å². The average Bonchev–Trinajstić information content (AvgIpc) is 3.58. The number of ether oxygens (including phenoxy) is 1. The fraction of sp³-hybridized carbons (Fsp3) is 0.339. The monoisotopic (exact) mass is 843 g/mol. The summed E-state index contributed by atoms with van der Waals surface area (Å²) in [6, 6.07) is 32.4. The van der Waals surface area contributed by atoms with Gasteiger partial charge in [-0.05, 0) is 140 Å². The van der Waals surface area contributed by atoms with Gasteiger partial charge in [0.2, 0.25) is 6.41 Å². The van der Waals surface area contributed by atoms with E-state index in [-0.39, 0.29) is 17.6 Å². The first-order valence-corrected chi connectivity index (χ1v) is 22.5. The minimum absolute atomic E-state index is 0.0599. The van der Waals surface area contributed by atoms with Crippen LogP contribution in [0.4, 0.5) is 11.4 Å². The minimum Gasteiger partial charge on any atom is -0.494 e. The largest absolute Gasteiger partial charge is 0.494 e. The third-order valence-electron chi connectivity index (χ3n) is 12.0. The maximum absolute atomic E-state index is 15.2. The Morgan fingerprint density at radius 2 is 1.56 bits per heavy atom. The van der Waals surface area contributed by atoms with Gasteiger partial charge in [0.15, 0.2) is 0 Å². The van der Waals surface area contributed by atoms with Crippen molar-refractivity contribution < 1.29 is 19.1 Å². The lowest BCUT2D eigenvalue weighted by Crippen LogP contribution is -2.28. The number of aryl methyl sites for hydroxylation is 2.